The Labute approximate surface area is 140 Å². The third-order valence-corrected chi connectivity index (χ3v) is 6.38. The van der Waals surface area contributed by atoms with Crippen molar-refractivity contribution in [3.63, 3.8) is 0 Å². The van der Waals surface area contributed by atoms with Crippen molar-refractivity contribution >= 4 is 15.7 Å². The highest BCUT2D eigenvalue weighted by Gasteiger charge is 2.40. The molecular weight excluding hydrogens is 316 g/mol. The van der Waals surface area contributed by atoms with Gasteiger partial charge in [0.05, 0.1) is 23.5 Å². The standard InChI is InChI=1S/C16H30N2O4S/c1-11(2)15(18-8-12(3)22-13(4)9-18)16(19)17-7-6-14(10-17)23(5,20)21/h11-15H,6-10H2,1-5H3/t12-,13-,14-,15+/m1/s1. The van der Waals surface area contributed by atoms with Crippen LogP contribution in [0.5, 0.6) is 0 Å². The highest BCUT2D eigenvalue weighted by Crippen LogP contribution is 2.23. The molecule has 0 aliphatic carbocycles. The van der Waals surface area contributed by atoms with Crippen molar-refractivity contribution in [1.82, 2.24) is 9.80 Å². The van der Waals surface area contributed by atoms with Crippen LogP contribution in [0.2, 0.25) is 0 Å². The maximum Gasteiger partial charge on any atom is 0.240 e. The molecule has 0 aromatic heterocycles. The Bertz CT molecular complexity index is 524. The molecule has 0 radical (unpaired) electrons. The smallest absolute Gasteiger partial charge is 0.240 e. The van der Waals surface area contributed by atoms with Gasteiger partial charge in [-0.2, -0.15) is 0 Å². The molecule has 2 saturated heterocycles. The van der Waals surface area contributed by atoms with Crippen molar-refractivity contribution in [2.75, 3.05) is 32.4 Å². The van der Waals surface area contributed by atoms with Crippen LogP contribution >= 0.6 is 0 Å². The largest absolute Gasteiger partial charge is 0.373 e. The van der Waals surface area contributed by atoms with Crippen molar-refractivity contribution in [2.45, 2.75) is 57.6 Å². The molecule has 0 N–H and O–H groups in total. The van der Waals surface area contributed by atoms with Gasteiger partial charge in [-0.05, 0) is 26.2 Å². The van der Waals surface area contributed by atoms with Crippen LogP contribution in [-0.4, -0.2) is 80.1 Å². The van der Waals surface area contributed by atoms with E-state index in [1.165, 1.54) is 6.26 Å². The molecule has 0 spiro atoms. The molecule has 0 aromatic carbocycles. The molecular formula is C16H30N2O4S. The minimum absolute atomic E-state index is 0.0625. The first-order valence-corrected chi connectivity index (χ1v) is 10.4. The van der Waals surface area contributed by atoms with E-state index in [9.17, 15) is 13.2 Å². The van der Waals surface area contributed by atoms with Gasteiger partial charge in [0, 0.05) is 32.4 Å². The van der Waals surface area contributed by atoms with Crippen LogP contribution in [0.1, 0.15) is 34.1 Å². The summed E-state index contributed by atoms with van der Waals surface area (Å²) in [7, 11) is -3.08. The van der Waals surface area contributed by atoms with Crippen LogP contribution in [0, 0.1) is 5.92 Å². The van der Waals surface area contributed by atoms with E-state index in [1.807, 2.05) is 13.8 Å². The Balaban J connectivity index is 2.10. The van der Waals surface area contributed by atoms with E-state index in [-0.39, 0.29) is 30.1 Å². The van der Waals surface area contributed by atoms with Gasteiger partial charge >= 0.3 is 0 Å². The van der Waals surface area contributed by atoms with Crippen LogP contribution in [-0.2, 0) is 19.4 Å². The molecule has 0 bridgehead atoms. The van der Waals surface area contributed by atoms with E-state index in [2.05, 4.69) is 18.7 Å². The maximum absolute atomic E-state index is 13.0. The van der Waals surface area contributed by atoms with Crippen molar-refractivity contribution in [3.8, 4) is 0 Å². The van der Waals surface area contributed by atoms with Crippen LogP contribution < -0.4 is 0 Å². The maximum atomic E-state index is 13.0. The fourth-order valence-electron chi connectivity index (χ4n) is 3.77. The summed E-state index contributed by atoms with van der Waals surface area (Å²) in [5.41, 5.74) is 0. The topological polar surface area (TPSA) is 66.9 Å². The lowest BCUT2D eigenvalue weighted by molar-refractivity contribution is -0.144. The summed E-state index contributed by atoms with van der Waals surface area (Å²) in [5, 5.41) is -0.415. The predicted molar refractivity (Wildman–Crippen MR) is 90.0 cm³/mol. The Morgan fingerprint density at radius 2 is 1.70 bits per heavy atom. The van der Waals surface area contributed by atoms with Crippen molar-refractivity contribution < 1.29 is 17.9 Å². The third kappa shape index (κ3) is 4.45. The minimum atomic E-state index is -3.08. The molecule has 134 valence electrons. The second-order valence-corrected chi connectivity index (χ2v) is 9.75. The van der Waals surface area contributed by atoms with Gasteiger partial charge in [0.2, 0.25) is 5.91 Å². The lowest BCUT2D eigenvalue weighted by Crippen LogP contribution is -2.57. The van der Waals surface area contributed by atoms with Gasteiger partial charge < -0.3 is 9.64 Å². The summed E-state index contributed by atoms with van der Waals surface area (Å²) in [6.45, 7) is 10.5. The molecule has 1 amide bonds. The number of rotatable bonds is 4. The number of hydrogen-bond acceptors (Lipinski definition) is 5. The van der Waals surface area contributed by atoms with Crippen LogP contribution in [0.25, 0.3) is 0 Å². The zero-order valence-electron chi connectivity index (χ0n) is 14.9. The number of amides is 1. The minimum Gasteiger partial charge on any atom is -0.373 e. The molecule has 0 unspecified atom stereocenters. The number of hydrogen-bond donors (Lipinski definition) is 0. The van der Waals surface area contributed by atoms with Gasteiger partial charge in [-0.15, -0.1) is 0 Å². The molecule has 0 saturated carbocycles. The number of sulfone groups is 1. The van der Waals surface area contributed by atoms with Crippen molar-refractivity contribution in [2.24, 2.45) is 5.92 Å². The summed E-state index contributed by atoms with van der Waals surface area (Å²) < 4.78 is 29.2. The zero-order chi connectivity index (χ0) is 17.4. The Morgan fingerprint density at radius 3 is 2.13 bits per heavy atom. The normalized spacial score (nSPS) is 31.6. The molecule has 0 aromatic rings. The first-order valence-electron chi connectivity index (χ1n) is 8.46. The fraction of sp³-hybridized carbons (Fsp3) is 0.938. The second kappa shape index (κ2) is 7.07. The molecule has 7 heteroatoms. The van der Waals surface area contributed by atoms with Gasteiger partial charge in [-0.1, -0.05) is 13.8 Å². The van der Waals surface area contributed by atoms with Crippen LogP contribution in [0.15, 0.2) is 0 Å². The van der Waals surface area contributed by atoms with Crippen molar-refractivity contribution in [3.05, 3.63) is 0 Å². The highest BCUT2D eigenvalue weighted by atomic mass is 32.2. The first kappa shape index (κ1) is 18.7. The predicted octanol–water partition coefficient (Wildman–Crippen LogP) is 0.766. The Kier molecular flexibility index (Phi) is 5.74. The van der Waals surface area contributed by atoms with Gasteiger partial charge in [0.1, 0.15) is 0 Å². The molecule has 2 heterocycles. The molecule has 2 fully saturated rings. The quantitative estimate of drug-likeness (QED) is 0.752. The van der Waals surface area contributed by atoms with Gasteiger partial charge in [-0.3, -0.25) is 9.69 Å². The zero-order valence-corrected chi connectivity index (χ0v) is 15.7. The first-order chi connectivity index (χ1) is 10.6. The van der Waals surface area contributed by atoms with E-state index in [4.69, 9.17) is 4.74 Å². The number of carbonyl (C=O) groups is 1. The second-order valence-electron chi connectivity index (χ2n) is 7.42. The number of nitrogens with zero attached hydrogens (tertiary/aromatic N) is 2. The monoisotopic (exact) mass is 346 g/mol. The van der Waals surface area contributed by atoms with Gasteiger partial charge in [0.15, 0.2) is 9.84 Å². The van der Waals surface area contributed by atoms with Crippen LogP contribution in [0.3, 0.4) is 0 Å². The fourth-order valence-corrected chi connectivity index (χ4v) is 4.76. The lowest BCUT2D eigenvalue weighted by atomic mass is 9.99. The number of likely N-dealkylation sites (tertiary alicyclic amines) is 1. The average Bonchev–Trinajstić information content (AvgIpc) is 2.86. The molecule has 6 nitrogen and oxygen atoms in total. The van der Waals surface area contributed by atoms with E-state index in [0.29, 0.717) is 19.5 Å². The summed E-state index contributed by atoms with van der Waals surface area (Å²) >= 11 is 0. The van der Waals surface area contributed by atoms with Crippen LogP contribution in [0.4, 0.5) is 0 Å². The summed E-state index contributed by atoms with van der Waals surface area (Å²) in [5.74, 6) is 0.240. The highest BCUT2D eigenvalue weighted by molar-refractivity contribution is 7.91. The number of carbonyl (C=O) groups excluding carboxylic acids is 1. The van der Waals surface area contributed by atoms with E-state index >= 15 is 0 Å². The summed E-state index contributed by atoms with van der Waals surface area (Å²) in [6.07, 6.45) is 2.02. The average molecular weight is 346 g/mol. The third-order valence-electron chi connectivity index (χ3n) is 4.79. The van der Waals surface area contributed by atoms with E-state index < -0.39 is 15.1 Å². The SMILES string of the molecule is CC(C)[C@@H](C(=O)N1CC[C@@H](S(C)(=O)=O)C1)N1C[C@@H](C)O[C@H](C)C1. The Hall–Kier alpha value is -0.660. The van der Waals surface area contributed by atoms with E-state index in [1.54, 1.807) is 4.90 Å². The molecule has 23 heavy (non-hydrogen) atoms. The Morgan fingerprint density at radius 1 is 1.13 bits per heavy atom. The number of morpholine rings is 1. The summed E-state index contributed by atoms with van der Waals surface area (Å²) in [4.78, 5) is 17.0. The summed E-state index contributed by atoms with van der Waals surface area (Å²) in [6, 6.07) is -0.206. The lowest BCUT2D eigenvalue weighted by Gasteiger charge is -2.42. The molecule has 2 aliphatic heterocycles. The van der Waals surface area contributed by atoms with Crippen molar-refractivity contribution in [1.29, 1.82) is 0 Å². The molecule has 2 aliphatic rings. The number of ether oxygens (including phenoxy) is 1. The van der Waals surface area contributed by atoms with E-state index in [0.717, 1.165) is 13.1 Å². The van der Waals surface area contributed by atoms with Gasteiger partial charge in [-0.25, -0.2) is 8.42 Å². The molecule has 4 atom stereocenters. The van der Waals surface area contributed by atoms with Gasteiger partial charge in [0.25, 0.3) is 0 Å². The molecule has 2 rings (SSSR count).